The first-order chi connectivity index (χ1) is 6.40. The molecule has 0 nitrogen and oxygen atoms in total. The van der Waals surface area contributed by atoms with Crippen LogP contribution in [-0.4, -0.2) is 9.49 Å². The lowest BCUT2D eigenvalue weighted by molar-refractivity contribution is 0.256. The first kappa shape index (κ1) is 12.4. The van der Waals surface area contributed by atoms with Crippen LogP contribution in [0.3, 0.4) is 0 Å². The molecule has 1 saturated carbocycles. The summed E-state index contributed by atoms with van der Waals surface area (Å²) < 4.78 is 1.07. The zero-order valence-electron chi connectivity index (χ0n) is 10.5. The van der Waals surface area contributed by atoms with E-state index in [2.05, 4.69) is 46.4 Å². The second-order valence-electron chi connectivity index (χ2n) is 5.72. The number of rotatable bonds is 5. The van der Waals surface area contributed by atoms with Gasteiger partial charge in [-0.2, -0.15) is 0 Å². The summed E-state index contributed by atoms with van der Waals surface area (Å²) >= 11 is 2.24. The fraction of sp³-hybridized carbons (Fsp3) is 1.00. The highest BCUT2D eigenvalue weighted by Crippen LogP contribution is 2.53. The average molecular weight is 214 g/mol. The summed E-state index contributed by atoms with van der Waals surface area (Å²) in [6, 6.07) is 0. The molecule has 84 valence electrons. The van der Waals surface area contributed by atoms with E-state index in [0.29, 0.717) is 9.49 Å². The molecule has 0 amide bonds. The van der Waals surface area contributed by atoms with Crippen molar-refractivity contribution in [2.24, 2.45) is 5.92 Å². The molecule has 0 radical (unpaired) electrons. The maximum absolute atomic E-state index is 2.46. The van der Waals surface area contributed by atoms with E-state index in [1.54, 1.807) is 0 Å². The van der Waals surface area contributed by atoms with Crippen LogP contribution >= 0.6 is 11.8 Å². The maximum Gasteiger partial charge on any atom is 0.0162 e. The van der Waals surface area contributed by atoms with Crippen LogP contribution in [0.4, 0.5) is 0 Å². The van der Waals surface area contributed by atoms with Gasteiger partial charge in [-0.1, -0.05) is 47.5 Å². The normalized spacial score (nSPS) is 32.8. The molecule has 0 saturated heterocycles. The van der Waals surface area contributed by atoms with E-state index in [4.69, 9.17) is 0 Å². The van der Waals surface area contributed by atoms with Crippen LogP contribution in [0.5, 0.6) is 0 Å². The summed E-state index contributed by atoms with van der Waals surface area (Å²) in [7, 11) is 0. The highest BCUT2D eigenvalue weighted by molar-refractivity contribution is 8.02. The van der Waals surface area contributed by atoms with Crippen molar-refractivity contribution in [3.63, 3.8) is 0 Å². The summed E-state index contributed by atoms with van der Waals surface area (Å²) in [6.07, 6.45) is 6.94. The zero-order chi connectivity index (χ0) is 10.8. The highest BCUT2D eigenvalue weighted by atomic mass is 32.2. The molecule has 2 atom stereocenters. The molecule has 1 aliphatic carbocycles. The van der Waals surface area contributed by atoms with Crippen molar-refractivity contribution in [3.8, 4) is 0 Å². The number of hydrogen-bond donors (Lipinski definition) is 0. The summed E-state index contributed by atoms with van der Waals surface area (Å²) in [5.74, 6) is 0.924. The molecule has 1 aliphatic rings. The molecule has 2 unspecified atom stereocenters. The summed E-state index contributed by atoms with van der Waals surface area (Å²) in [6.45, 7) is 12.0. The molecular formula is C13H26S. The largest absolute Gasteiger partial charge is 0.149 e. The smallest absolute Gasteiger partial charge is 0.0162 e. The van der Waals surface area contributed by atoms with Crippen molar-refractivity contribution in [2.45, 2.75) is 76.2 Å². The van der Waals surface area contributed by atoms with Gasteiger partial charge in [0.25, 0.3) is 0 Å². The molecule has 0 aromatic carbocycles. The SMILES string of the molecule is CCCCC(C)(C)SC1(C)CCC1C. The van der Waals surface area contributed by atoms with Gasteiger partial charge in [0.15, 0.2) is 0 Å². The van der Waals surface area contributed by atoms with Crippen LogP contribution in [0.2, 0.25) is 0 Å². The third-order valence-electron chi connectivity index (χ3n) is 3.76. The van der Waals surface area contributed by atoms with Gasteiger partial charge in [0.1, 0.15) is 0 Å². The Bertz CT molecular complexity index is 186. The van der Waals surface area contributed by atoms with Gasteiger partial charge in [-0.3, -0.25) is 0 Å². The molecule has 0 N–H and O–H groups in total. The predicted molar refractivity (Wildman–Crippen MR) is 68.0 cm³/mol. The van der Waals surface area contributed by atoms with E-state index in [-0.39, 0.29) is 0 Å². The molecule has 0 heterocycles. The Hall–Kier alpha value is 0.350. The number of unbranched alkanes of at least 4 members (excludes halogenated alkanes) is 1. The third-order valence-corrected chi connectivity index (χ3v) is 5.59. The molecule has 0 spiro atoms. The van der Waals surface area contributed by atoms with Crippen LogP contribution in [0, 0.1) is 5.92 Å². The van der Waals surface area contributed by atoms with Crippen LogP contribution < -0.4 is 0 Å². The van der Waals surface area contributed by atoms with Crippen molar-refractivity contribution in [1.82, 2.24) is 0 Å². The molecule has 1 fully saturated rings. The molecule has 0 aromatic rings. The molecule has 1 rings (SSSR count). The van der Waals surface area contributed by atoms with Gasteiger partial charge in [0, 0.05) is 9.49 Å². The highest BCUT2D eigenvalue weighted by Gasteiger charge is 2.43. The Labute approximate surface area is 94.2 Å². The maximum atomic E-state index is 2.46. The average Bonchev–Trinajstić information content (AvgIpc) is 2.12. The van der Waals surface area contributed by atoms with Crippen LogP contribution in [-0.2, 0) is 0 Å². The van der Waals surface area contributed by atoms with E-state index in [1.807, 2.05) is 0 Å². The zero-order valence-corrected chi connectivity index (χ0v) is 11.3. The van der Waals surface area contributed by atoms with E-state index >= 15 is 0 Å². The van der Waals surface area contributed by atoms with Crippen molar-refractivity contribution >= 4 is 11.8 Å². The minimum absolute atomic E-state index is 0.486. The van der Waals surface area contributed by atoms with Crippen molar-refractivity contribution in [2.75, 3.05) is 0 Å². The molecule has 0 aliphatic heterocycles. The van der Waals surface area contributed by atoms with E-state index in [9.17, 15) is 0 Å². The van der Waals surface area contributed by atoms with Gasteiger partial charge in [-0.15, -0.1) is 11.8 Å². The second-order valence-corrected chi connectivity index (χ2v) is 7.96. The molecule has 0 bridgehead atoms. The standard InChI is InChI=1S/C13H26S/c1-6-7-9-12(3,4)14-13(5)10-8-11(13)2/h11H,6-10H2,1-5H3. The van der Waals surface area contributed by atoms with Gasteiger partial charge in [-0.05, 0) is 25.2 Å². The topological polar surface area (TPSA) is 0 Å². The Morgan fingerprint density at radius 1 is 1.43 bits per heavy atom. The lowest BCUT2D eigenvalue weighted by Gasteiger charge is -2.49. The van der Waals surface area contributed by atoms with Gasteiger partial charge >= 0.3 is 0 Å². The van der Waals surface area contributed by atoms with E-state index in [1.165, 1.54) is 32.1 Å². The predicted octanol–water partition coefficient (Wildman–Crippen LogP) is 4.88. The summed E-state index contributed by atoms with van der Waals surface area (Å²) in [5.41, 5.74) is 0. The van der Waals surface area contributed by atoms with Gasteiger partial charge in [-0.25, -0.2) is 0 Å². The van der Waals surface area contributed by atoms with Crippen molar-refractivity contribution in [3.05, 3.63) is 0 Å². The van der Waals surface area contributed by atoms with E-state index in [0.717, 1.165) is 5.92 Å². The first-order valence-electron chi connectivity index (χ1n) is 6.10. The Balaban J connectivity index is 2.41. The van der Waals surface area contributed by atoms with Crippen LogP contribution in [0.15, 0.2) is 0 Å². The quantitative estimate of drug-likeness (QED) is 0.628. The Kier molecular flexibility index (Phi) is 3.96. The fourth-order valence-corrected chi connectivity index (χ4v) is 4.32. The summed E-state index contributed by atoms with van der Waals surface area (Å²) in [4.78, 5) is 0. The first-order valence-corrected chi connectivity index (χ1v) is 6.91. The Morgan fingerprint density at radius 2 is 2.07 bits per heavy atom. The minimum Gasteiger partial charge on any atom is -0.149 e. The van der Waals surface area contributed by atoms with Crippen LogP contribution in [0.1, 0.15) is 66.7 Å². The van der Waals surface area contributed by atoms with Crippen molar-refractivity contribution < 1.29 is 0 Å². The molecule has 0 aromatic heterocycles. The summed E-state index contributed by atoms with van der Waals surface area (Å²) in [5, 5.41) is 0. The minimum atomic E-state index is 0.486. The van der Waals surface area contributed by atoms with Gasteiger partial charge in [0.2, 0.25) is 0 Å². The number of thioether (sulfide) groups is 1. The molecular weight excluding hydrogens is 188 g/mol. The van der Waals surface area contributed by atoms with E-state index < -0.39 is 0 Å². The molecule has 1 heteroatoms. The molecule has 14 heavy (non-hydrogen) atoms. The Morgan fingerprint density at radius 3 is 2.43 bits per heavy atom. The fourth-order valence-electron chi connectivity index (χ4n) is 2.28. The van der Waals surface area contributed by atoms with Gasteiger partial charge in [0.05, 0.1) is 0 Å². The number of hydrogen-bond acceptors (Lipinski definition) is 1. The second kappa shape index (κ2) is 4.47. The van der Waals surface area contributed by atoms with Gasteiger partial charge < -0.3 is 0 Å². The van der Waals surface area contributed by atoms with Crippen LogP contribution in [0.25, 0.3) is 0 Å². The monoisotopic (exact) mass is 214 g/mol. The van der Waals surface area contributed by atoms with Crippen molar-refractivity contribution in [1.29, 1.82) is 0 Å². The third kappa shape index (κ3) is 2.92. The lowest BCUT2D eigenvalue weighted by atomic mass is 9.75. The lowest BCUT2D eigenvalue weighted by Crippen LogP contribution is -2.42.